The van der Waals surface area contributed by atoms with Crippen LogP contribution < -0.4 is 18.3 Å². The molecule has 12 aromatic heterocycles. The summed E-state index contributed by atoms with van der Waals surface area (Å²) in [5.41, 5.74) is 22.6. The first kappa shape index (κ1) is 66.5. The number of benzene rings is 8. The number of nitrogens with zero attached hydrogens (tertiary/aromatic N) is 8. The largest absolute Gasteiger partial charge is 0.437 e. The predicted octanol–water partition coefficient (Wildman–Crippen LogP) is 25.7. The normalized spacial score (nSPS) is 15.7. The Morgan fingerprint density at radius 3 is 0.846 bits per heavy atom. The Balaban J connectivity index is 0.000000108. The molecule has 2 aliphatic carbocycles. The number of aryl methyl sites for hydroxylation is 8. The summed E-state index contributed by atoms with van der Waals surface area (Å²) < 4.78 is 91.7. The second kappa shape index (κ2) is 30.4. The van der Waals surface area contributed by atoms with Gasteiger partial charge in [-0.1, -0.05) is 157 Å². The minimum absolute atomic E-state index is 0.435. The predicted molar refractivity (Wildman–Crippen MR) is 477 cm³/mol. The van der Waals surface area contributed by atoms with Gasteiger partial charge in [-0.2, -0.15) is 0 Å². The van der Waals surface area contributed by atoms with Gasteiger partial charge in [0.2, 0.25) is 45.6 Å². The van der Waals surface area contributed by atoms with Crippen molar-refractivity contribution in [3.05, 3.63) is 288 Å². The van der Waals surface area contributed by atoms with Gasteiger partial charge < -0.3 is 17.7 Å². The van der Waals surface area contributed by atoms with Gasteiger partial charge in [-0.25, -0.2) is 38.2 Å². The summed E-state index contributed by atoms with van der Waals surface area (Å²) in [6, 6.07) is 66.3. The highest BCUT2D eigenvalue weighted by atomic mass is 16.4. The maximum atomic E-state index is 9.05. The van der Waals surface area contributed by atoms with E-state index >= 15 is 0 Å². The molecular formula is C105H98N8O4+4. The summed E-state index contributed by atoms with van der Waals surface area (Å²) in [6.07, 6.45) is 24.7. The van der Waals surface area contributed by atoms with Crippen molar-refractivity contribution in [2.24, 2.45) is 28.2 Å². The molecule has 578 valence electrons. The fraction of sp³-hybridized carbons (Fsp3) is 0.238. The van der Waals surface area contributed by atoms with Crippen LogP contribution in [0.15, 0.2) is 261 Å². The molecule has 12 nitrogen and oxygen atoms in total. The van der Waals surface area contributed by atoms with Gasteiger partial charge in [0.1, 0.15) is 28.2 Å². The molecule has 22 rings (SSSR count). The van der Waals surface area contributed by atoms with Crippen LogP contribution in [0.3, 0.4) is 0 Å². The fourth-order valence-corrected chi connectivity index (χ4v) is 18.8. The molecule has 0 radical (unpaired) electrons. The lowest BCUT2D eigenvalue weighted by Crippen LogP contribution is -2.32. The van der Waals surface area contributed by atoms with Gasteiger partial charge in [0.05, 0.1) is 22.3 Å². The van der Waals surface area contributed by atoms with Crippen LogP contribution in [0.25, 0.3) is 176 Å². The third-order valence-corrected chi connectivity index (χ3v) is 24.7. The Morgan fingerprint density at radius 2 is 0.573 bits per heavy atom. The summed E-state index contributed by atoms with van der Waals surface area (Å²) in [7, 11) is 8.08. The van der Waals surface area contributed by atoms with Crippen molar-refractivity contribution in [1.82, 2.24) is 19.9 Å². The lowest BCUT2D eigenvalue weighted by atomic mass is 9.84. The second-order valence-corrected chi connectivity index (χ2v) is 32.1. The number of hydrogen-bond acceptors (Lipinski definition) is 8. The Kier molecular flexibility index (Phi) is 17.3. The molecule has 20 aromatic rings. The molecule has 117 heavy (non-hydrogen) atoms. The zero-order chi connectivity index (χ0) is 86.2. The molecule has 0 saturated heterocycles. The van der Waals surface area contributed by atoms with Gasteiger partial charge in [-0.05, 0) is 215 Å². The number of furan rings is 4. The topological polar surface area (TPSA) is 120 Å². The smallest absolute Gasteiger partial charge is 0.227 e. The van der Waals surface area contributed by atoms with E-state index in [2.05, 4.69) is 221 Å². The third kappa shape index (κ3) is 12.9. The second-order valence-electron chi connectivity index (χ2n) is 32.1. The molecule has 1 atom stereocenters. The zero-order valence-corrected chi connectivity index (χ0v) is 68.2. The van der Waals surface area contributed by atoms with E-state index in [4.69, 9.17) is 27.3 Å². The lowest BCUT2D eigenvalue weighted by molar-refractivity contribution is -0.661. The van der Waals surface area contributed by atoms with Crippen molar-refractivity contribution in [2.45, 2.75) is 137 Å². The van der Waals surface area contributed by atoms with Crippen molar-refractivity contribution in [3.63, 3.8) is 0 Å². The van der Waals surface area contributed by atoms with E-state index < -0.39 is 30.4 Å². The first-order valence-corrected chi connectivity index (χ1v) is 40.9. The standard InChI is InChI=1S/C28H27N2O.C27H25N2O.2C25H23N2O/c1-18-21-11-6-7-12-22(21)26-23-13-8-16-29-28(23)31-27(26)25(18)24-15-14-20(17-30(24)2)19-9-4-3-5-10-19;1-17-20-10-5-6-11-21(20)25-22-12-7-15-28-27(22)30-26(25)24(17)23-14-13-19(16-29(23)2)18-8-3-4-9-18;2*1-15(2)17-11-12-21(27(4)14-17)22-16(3)18-8-5-6-9-19(18)23-20-10-7-13-26-25(20)28-24(22)23/h6-8,11-17,19H,3-5,9-10H2,1-2H3;5-7,10-16,18H,3-4,8-9H2,1-2H3;2*5-15H,1-4H3/q4*+1/i19D;18D;1D3,15D;15D. The molecule has 2 saturated carbocycles. The molecule has 12 heterocycles. The Hall–Kier alpha value is -12.8. The van der Waals surface area contributed by atoms with Crippen LogP contribution in [0.4, 0.5) is 0 Å². The summed E-state index contributed by atoms with van der Waals surface area (Å²) in [4.78, 5) is 17.9. The molecule has 2 fully saturated rings. The van der Waals surface area contributed by atoms with Gasteiger partial charge in [0, 0.05) is 124 Å². The summed E-state index contributed by atoms with van der Waals surface area (Å²) in [6.45, 7) is 11.4. The highest BCUT2D eigenvalue weighted by molar-refractivity contribution is 6.26. The van der Waals surface area contributed by atoms with E-state index in [1.54, 1.807) is 37.1 Å². The van der Waals surface area contributed by atoms with Crippen molar-refractivity contribution in [2.75, 3.05) is 0 Å². The Bertz CT molecular complexity index is 7710. The fourth-order valence-electron chi connectivity index (χ4n) is 18.8. The Morgan fingerprint density at radius 1 is 0.316 bits per heavy atom. The minimum Gasteiger partial charge on any atom is -0.437 e. The number of fused-ring (bicyclic) bond motifs is 20. The van der Waals surface area contributed by atoms with Gasteiger partial charge in [0.15, 0.2) is 47.1 Å². The van der Waals surface area contributed by atoms with E-state index in [1.807, 2.05) is 93.3 Å². The van der Waals surface area contributed by atoms with Crippen molar-refractivity contribution >= 4 is 131 Å². The van der Waals surface area contributed by atoms with Crippen molar-refractivity contribution in [1.29, 1.82) is 0 Å². The highest BCUT2D eigenvalue weighted by Crippen LogP contribution is 2.48. The molecule has 0 aliphatic heterocycles. The van der Waals surface area contributed by atoms with Crippen LogP contribution in [-0.2, 0) is 28.2 Å². The summed E-state index contributed by atoms with van der Waals surface area (Å²) in [5.74, 6) is -3.27. The number of aromatic nitrogens is 8. The molecule has 1 unspecified atom stereocenters. The SMILES string of the molecule is [2H]C(C)(C)c1ccc(-c2c(C)c3ccccc3c3c2oc2ncccc23)[n+](C)c1.[2H]C([2H])([2H])C([2H])(C)c1ccc(-c2c(C)c3ccccc3c3c2oc2ncccc23)[n+](C)c1.[2H]C1(c2ccc(-c3c(C)c4ccccc4c4c3oc3ncccc34)[n+](C)c2)CCCC1.[2H]C1(c2ccc(-c3c(C)c4ccccc4c4c3oc3ncccc34)[n+](C)c2)CCCCC1. The van der Waals surface area contributed by atoms with Gasteiger partial charge in [0.25, 0.3) is 0 Å². The van der Waals surface area contributed by atoms with E-state index in [1.165, 1.54) is 62.4 Å². The maximum Gasteiger partial charge on any atom is 0.227 e. The first-order valence-electron chi connectivity index (χ1n) is 44.4. The van der Waals surface area contributed by atoms with E-state index in [9.17, 15) is 0 Å². The van der Waals surface area contributed by atoms with Crippen molar-refractivity contribution in [3.8, 4) is 45.0 Å². The zero-order valence-electron chi connectivity index (χ0n) is 75.2. The lowest BCUT2D eigenvalue weighted by Gasteiger charge is -2.21. The van der Waals surface area contributed by atoms with Crippen LogP contribution in [0.5, 0.6) is 0 Å². The van der Waals surface area contributed by atoms with Gasteiger partial charge >= 0.3 is 0 Å². The molecule has 0 N–H and O–H groups in total. The van der Waals surface area contributed by atoms with Crippen molar-refractivity contribution < 1.29 is 45.5 Å². The van der Waals surface area contributed by atoms with E-state index in [0.29, 0.717) is 28.4 Å². The summed E-state index contributed by atoms with van der Waals surface area (Å²) in [5, 5.41) is 17.9. The van der Waals surface area contributed by atoms with Crippen LogP contribution in [0.2, 0.25) is 0 Å². The summed E-state index contributed by atoms with van der Waals surface area (Å²) >= 11 is 0. The monoisotopic (exact) mass is 1540 g/mol. The molecule has 12 heteroatoms. The van der Waals surface area contributed by atoms with Crippen LogP contribution in [-0.4, -0.2) is 19.9 Å². The molecule has 0 bridgehead atoms. The molecular weight excluding hydrogens is 1440 g/mol. The molecule has 8 aromatic carbocycles. The average molecular weight is 1540 g/mol. The molecule has 2 aliphatic rings. The third-order valence-electron chi connectivity index (χ3n) is 24.7. The van der Waals surface area contributed by atoms with Gasteiger partial charge in [-0.3, -0.25) is 0 Å². The molecule has 0 amide bonds. The van der Waals surface area contributed by atoms with Crippen LogP contribution >= 0.6 is 0 Å². The number of pyridine rings is 8. The Labute approximate surface area is 691 Å². The van der Waals surface area contributed by atoms with Gasteiger partial charge in [-0.15, -0.1) is 0 Å². The average Bonchev–Trinajstić information content (AvgIpc) is 1.54. The quantitative estimate of drug-likeness (QED) is 0.138. The molecule has 0 spiro atoms. The minimum atomic E-state index is -2.43. The number of hydrogen-bond donors (Lipinski definition) is 0. The van der Waals surface area contributed by atoms with E-state index in [-0.39, 0.29) is 0 Å². The van der Waals surface area contributed by atoms with Crippen LogP contribution in [0, 0.1) is 27.7 Å². The highest BCUT2D eigenvalue weighted by Gasteiger charge is 2.32. The van der Waals surface area contributed by atoms with Crippen LogP contribution in [0.1, 0.15) is 163 Å². The van der Waals surface area contributed by atoms with E-state index in [0.717, 1.165) is 195 Å². The first-order chi connectivity index (χ1) is 59.6. The maximum absolute atomic E-state index is 9.05. The number of rotatable bonds is 8.